The fraction of sp³-hybridized carbons (Fsp3) is 0.200. The second-order valence-corrected chi connectivity index (χ2v) is 5.90. The van der Waals surface area contributed by atoms with Gasteiger partial charge in [0.2, 0.25) is 5.75 Å². The Morgan fingerprint density at radius 1 is 1.18 bits per heavy atom. The molecule has 0 spiro atoms. The third kappa shape index (κ3) is 2.58. The summed E-state index contributed by atoms with van der Waals surface area (Å²) in [6.45, 7) is 3.94. The minimum atomic E-state index is -0.107. The van der Waals surface area contributed by atoms with Gasteiger partial charge < -0.3 is 9.84 Å². The summed E-state index contributed by atoms with van der Waals surface area (Å²) >= 11 is 11.9. The first-order valence-electron chi connectivity index (χ1n) is 6.67. The van der Waals surface area contributed by atoms with E-state index < -0.39 is 0 Å². The molecule has 3 rings (SSSR count). The van der Waals surface area contributed by atoms with Crippen LogP contribution < -0.4 is 4.74 Å². The van der Waals surface area contributed by atoms with E-state index in [-0.39, 0.29) is 17.5 Å². The Kier molecular flexibility index (Phi) is 3.85. The zero-order valence-electron chi connectivity index (χ0n) is 11.9. The molecule has 0 radical (unpaired) electrons. The molecule has 1 N–H and O–H groups in total. The molecule has 0 aliphatic rings. The highest BCUT2D eigenvalue weighted by Crippen LogP contribution is 2.38. The fourth-order valence-corrected chi connectivity index (χ4v) is 2.36. The summed E-state index contributed by atoms with van der Waals surface area (Å²) in [5.74, 6) is 0.665. The Morgan fingerprint density at radius 3 is 2.64 bits per heavy atom. The van der Waals surface area contributed by atoms with E-state index in [4.69, 9.17) is 27.9 Å². The van der Waals surface area contributed by atoms with Crippen molar-refractivity contribution in [3.8, 4) is 17.4 Å². The second kappa shape index (κ2) is 5.66. The number of rotatable bonds is 3. The summed E-state index contributed by atoms with van der Waals surface area (Å²) < 4.78 is 7.12. The van der Waals surface area contributed by atoms with Crippen LogP contribution in [0, 0.1) is 0 Å². The maximum Gasteiger partial charge on any atom is 0.260 e. The molecule has 0 aliphatic carbocycles. The quantitative estimate of drug-likeness (QED) is 0.755. The number of benzene rings is 1. The highest BCUT2D eigenvalue weighted by Gasteiger charge is 2.20. The van der Waals surface area contributed by atoms with Gasteiger partial charge in [0.1, 0.15) is 5.75 Å². The lowest BCUT2D eigenvalue weighted by molar-refractivity contribution is 0.376. The van der Waals surface area contributed by atoms with Crippen LogP contribution in [0.2, 0.25) is 10.0 Å². The molecule has 1 aromatic carbocycles. The summed E-state index contributed by atoms with van der Waals surface area (Å²) in [5, 5.41) is 15.3. The molecule has 0 atom stereocenters. The normalized spacial score (nSPS) is 11.3. The maximum atomic E-state index is 10.4. The van der Waals surface area contributed by atoms with Gasteiger partial charge in [0, 0.05) is 12.1 Å². The third-order valence-corrected chi connectivity index (χ3v) is 3.89. The van der Waals surface area contributed by atoms with Gasteiger partial charge in [0.25, 0.3) is 5.88 Å². The standard InChI is InChI=1S/C15H13Cl2N3O2/c1-8(2)13-14(15(21)20-12(19-13)5-6-18-20)22-9-3-4-10(16)11(17)7-9/h3-8,21H,1-2H3. The summed E-state index contributed by atoms with van der Waals surface area (Å²) in [6.07, 6.45) is 1.56. The van der Waals surface area contributed by atoms with Crippen LogP contribution in [0.15, 0.2) is 30.5 Å². The first-order valence-corrected chi connectivity index (χ1v) is 7.42. The number of hydrogen-bond donors (Lipinski definition) is 1. The molecule has 0 aliphatic heterocycles. The predicted molar refractivity (Wildman–Crippen MR) is 85.3 cm³/mol. The second-order valence-electron chi connectivity index (χ2n) is 5.08. The maximum absolute atomic E-state index is 10.4. The highest BCUT2D eigenvalue weighted by molar-refractivity contribution is 6.42. The monoisotopic (exact) mass is 337 g/mol. The molecule has 0 amide bonds. The van der Waals surface area contributed by atoms with Gasteiger partial charge in [-0.1, -0.05) is 37.0 Å². The molecule has 0 fully saturated rings. The van der Waals surface area contributed by atoms with Crippen LogP contribution >= 0.6 is 23.2 Å². The summed E-state index contributed by atoms with van der Waals surface area (Å²) in [6, 6.07) is 6.60. The smallest absolute Gasteiger partial charge is 0.260 e. The van der Waals surface area contributed by atoms with Crippen molar-refractivity contribution in [2.75, 3.05) is 0 Å². The Morgan fingerprint density at radius 2 is 1.95 bits per heavy atom. The fourth-order valence-electron chi connectivity index (χ4n) is 2.08. The highest BCUT2D eigenvalue weighted by atomic mass is 35.5. The van der Waals surface area contributed by atoms with Crippen LogP contribution in [-0.2, 0) is 0 Å². The molecule has 5 nitrogen and oxygen atoms in total. The number of fused-ring (bicyclic) bond motifs is 1. The Hall–Kier alpha value is -1.98. The van der Waals surface area contributed by atoms with Crippen LogP contribution in [-0.4, -0.2) is 19.7 Å². The van der Waals surface area contributed by atoms with Gasteiger partial charge in [0.15, 0.2) is 5.65 Å². The predicted octanol–water partition coefficient (Wildman–Crippen LogP) is 4.66. The summed E-state index contributed by atoms with van der Waals surface area (Å²) in [4.78, 5) is 4.49. The van der Waals surface area contributed by atoms with Crippen molar-refractivity contribution >= 4 is 28.8 Å². The number of halogens is 2. The van der Waals surface area contributed by atoms with Gasteiger partial charge >= 0.3 is 0 Å². The third-order valence-electron chi connectivity index (χ3n) is 3.15. The Balaban J connectivity index is 2.13. The number of aromatic nitrogens is 3. The Labute approximate surface area is 137 Å². The molecule has 2 aromatic heterocycles. The van der Waals surface area contributed by atoms with Crippen molar-refractivity contribution in [3.05, 3.63) is 46.2 Å². The van der Waals surface area contributed by atoms with Crippen molar-refractivity contribution in [1.29, 1.82) is 0 Å². The average molecular weight is 338 g/mol. The van der Waals surface area contributed by atoms with Crippen molar-refractivity contribution < 1.29 is 9.84 Å². The van der Waals surface area contributed by atoms with Crippen molar-refractivity contribution in [1.82, 2.24) is 14.6 Å². The number of nitrogens with zero attached hydrogens (tertiary/aromatic N) is 3. The van der Waals surface area contributed by atoms with E-state index >= 15 is 0 Å². The number of hydrogen-bond acceptors (Lipinski definition) is 4. The lowest BCUT2D eigenvalue weighted by Gasteiger charge is -2.15. The van der Waals surface area contributed by atoms with Crippen LogP contribution in [0.5, 0.6) is 17.4 Å². The van der Waals surface area contributed by atoms with Crippen LogP contribution in [0.4, 0.5) is 0 Å². The number of ether oxygens (including phenoxy) is 1. The van der Waals surface area contributed by atoms with E-state index in [1.54, 1.807) is 30.5 Å². The molecule has 0 unspecified atom stereocenters. The van der Waals surface area contributed by atoms with Crippen LogP contribution in [0.1, 0.15) is 25.5 Å². The topological polar surface area (TPSA) is 59.7 Å². The molecule has 22 heavy (non-hydrogen) atoms. The molecule has 3 aromatic rings. The van der Waals surface area contributed by atoms with E-state index in [9.17, 15) is 5.11 Å². The zero-order chi connectivity index (χ0) is 15.9. The van der Waals surface area contributed by atoms with E-state index in [0.29, 0.717) is 27.1 Å². The van der Waals surface area contributed by atoms with E-state index in [2.05, 4.69) is 10.1 Å². The SMILES string of the molecule is CC(C)c1nc2ccnn2c(O)c1Oc1ccc(Cl)c(Cl)c1. The number of aromatic hydroxyl groups is 1. The molecular formula is C15H13Cl2N3O2. The van der Waals surface area contributed by atoms with E-state index in [1.807, 2.05) is 13.8 Å². The lowest BCUT2D eigenvalue weighted by Crippen LogP contribution is -2.03. The van der Waals surface area contributed by atoms with Gasteiger partial charge in [-0.15, -0.1) is 0 Å². The first-order chi connectivity index (χ1) is 10.5. The first kappa shape index (κ1) is 14.9. The Bertz CT molecular complexity index is 846. The molecular weight excluding hydrogens is 325 g/mol. The van der Waals surface area contributed by atoms with Crippen LogP contribution in [0.25, 0.3) is 5.65 Å². The summed E-state index contributed by atoms with van der Waals surface area (Å²) in [7, 11) is 0. The van der Waals surface area contributed by atoms with Gasteiger partial charge in [-0.05, 0) is 18.1 Å². The minimum Gasteiger partial charge on any atom is -0.490 e. The molecule has 114 valence electrons. The molecule has 0 bridgehead atoms. The lowest BCUT2D eigenvalue weighted by atomic mass is 10.1. The van der Waals surface area contributed by atoms with Gasteiger partial charge in [-0.2, -0.15) is 9.61 Å². The van der Waals surface area contributed by atoms with Gasteiger partial charge in [0.05, 0.1) is 21.9 Å². The van der Waals surface area contributed by atoms with E-state index in [0.717, 1.165) is 0 Å². The van der Waals surface area contributed by atoms with Crippen LogP contribution in [0.3, 0.4) is 0 Å². The van der Waals surface area contributed by atoms with Crippen molar-refractivity contribution in [3.63, 3.8) is 0 Å². The molecule has 0 saturated heterocycles. The average Bonchev–Trinajstić information content (AvgIpc) is 2.94. The van der Waals surface area contributed by atoms with Gasteiger partial charge in [-0.25, -0.2) is 4.98 Å². The van der Waals surface area contributed by atoms with Crippen molar-refractivity contribution in [2.45, 2.75) is 19.8 Å². The zero-order valence-corrected chi connectivity index (χ0v) is 13.4. The van der Waals surface area contributed by atoms with Gasteiger partial charge in [-0.3, -0.25) is 0 Å². The van der Waals surface area contributed by atoms with E-state index in [1.165, 1.54) is 4.52 Å². The largest absolute Gasteiger partial charge is 0.490 e. The summed E-state index contributed by atoms with van der Waals surface area (Å²) in [5.41, 5.74) is 1.19. The molecule has 2 heterocycles. The minimum absolute atomic E-state index is 0.0589. The van der Waals surface area contributed by atoms with Crippen molar-refractivity contribution in [2.24, 2.45) is 0 Å². The molecule has 0 saturated carbocycles. The molecule has 7 heteroatoms.